The first-order chi connectivity index (χ1) is 13.1. The number of carbonyl (C=O) groups excluding carboxylic acids is 2. The van der Waals surface area contributed by atoms with Crippen molar-refractivity contribution in [2.45, 2.75) is 44.6 Å². The molecule has 1 N–H and O–H groups in total. The summed E-state index contributed by atoms with van der Waals surface area (Å²) in [6.45, 7) is 4.00. The molecule has 3 fully saturated rings. The third-order valence-electron chi connectivity index (χ3n) is 6.30. The Hall–Kier alpha value is -2.08. The van der Waals surface area contributed by atoms with E-state index in [9.17, 15) is 14.7 Å². The minimum absolute atomic E-state index is 0.0404. The number of phenolic OH excluding ortho intramolecular Hbond substituents is 1. The summed E-state index contributed by atoms with van der Waals surface area (Å²) < 4.78 is 0. The zero-order valence-electron chi connectivity index (χ0n) is 15.8. The van der Waals surface area contributed by atoms with E-state index in [4.69, 9.17) is 0 Å². The number of amides is 2. The number of aromatic hydroxyl groups is 1. The molecule has 3 aliphatic rings. The number of nitrogens with zero attached hydrogens (tertiary/aromatic N) is 3. The van der Waals surface area contributed by atoms with Gasteiger partial charge in [-0.15, -0.1) is 0 Å². The zero-order valence-corrected chi connectivity index (χ0v) is 15.8. The van der Waals surface area contributed by atoms with E-state index >= 15 is 0 Å². The van der Waals surface area contributed by atoms with Gasteiger partial charge in [-0.2, -0.15) is 0 Å². The van der Waals surface area contributed by atoms with E-state index in [2.05, 4.69) is 4.90 Å². The third kappa shape index (κ3) is 3.95. The second-order valence-electron chi connectivity index (χ2n) is 8.08. The summed E-state index contributed by atoms with van der Waals surface area (Å²) in [7, 11) is 0. The highest BCUT2D eigenvalue weighted by molar-refractivity contribution is 6.00. The van der Waals surface area contributed by atoms with Crippen LogP contribution in [0.3, 0.4) is 0 Å². The lowest BCUT2D eigenvalue weighted by Crippen LogP contribution is -2.41. The molecule has 1 atom stereocenters. The maximum Gasteiger partial charge on any atom is 0.228 e. The molecule has 27 heavy (non-hydrogen) atoms. The Kier molecular flexibility index (Phi) is 5.34. The summed E-state index contributed by atoms with van der Waals surface area (Å²) in [5.74, 6) is -0.0758. The zero-order chi connectivity index (χ0) is 18.8. The molecule has 0 radical (unpaired) electrons. The first-order valence-electron chi connectivity index (χ1n) is 10.2. The molecule has 1 aliphatic carbocycles. The summed E-state index contributed by atoms with van der Waals surface area (Å²) in [5, 5.41) is 9.67. The van der Waals surface area contributed by atoms with Gasteiger partial charge in [0.15, 0.2) is 0 Å². The molecule has 2 heterocycles. The van der Waals surface area contributed by atoms with Crippen LogP contribution in [0.5, 0.6) is 5.75 Å². The van der Waals surface area contributed by atoms with Gasteiger partial charge in [0.05, 0.1) is 5.92 Å². The van der Waals surface area contributed by atoms with Crippen molar-refractivity contribution < 1.29 is 14.7 Å². The molecule has 6 heteroatoms. The highest BCUT2D eigenvalue weighted by Crippen LogP contribution is 2.29. The second kappa shape index (κ2) is 7.89. The van der Waals surface area contributed by atoms with Crippen molar-refractivity contribution in [2.24, 2.45) is 5.92 Å². The predicted molar refractivity (Wildman–Crippen MR) is 104 cm³/mol. The van der Waals surface area contributed by atoms with Gasteiger partial charge < -0.3 is 14.9 Å². The highest BCUT2D eigenvalue weighted by atomic mass is 16.3. The van der Waals surface area contributed by atoms with E-state index in [1.165, 1.54) is 25.7 Å². The molecule has 0 bridgehead atoms. The van der Waals surface area contributed by atoms with Crippen molar-refractivity contribution in [2.75, 3.05) is 37.6 Å². The number of benzene rings is 1. The lowest BCUT2D eigenvalue weighted by molar-refractivity contribution is -0.135. The van der Waals surface area contributed by atoms with Gasteiger partial charge in [-0.1, -0.05) is 18.9 Å². The molecule has 0 spiro atoms. The van der Waals surface area contributed by atoms with Crippen molar-refractivity contribution in [1.29, 1.82) is 0 Å². The number of anilines is 1. The molecule has 0 aromatic heterocycles. The molecule has 2 amide bonds. The van der Waals surface area contributed by atoms with Crippen LogP contribution < -0.4 is 4.90 Å². The molecule has 1 saturated carbocycles. The van der Waals surface area contributed by atoms with E-state index in [1.807, 2.05) is 4.90 Å². The molecule has 2 aliphatic heterocycles. The Morgan fingerprint density at radius 3 is 2.63 bits per heavy atom. The fourth-order valence-electron chi connectivity index (χ4n) is 4.83. The van der Waals surface area contributed by atoms with Crippen molar-refractivity contribution >= 4 is 17.5 Å². The van der Waals surface area contributed by atoms with E-state index in [0.717, 1.165) is 32.6 Å². The lowest BCUT2D eigenvalue weighted by Gasteiger charge is -2.28. The van der Waals surface area contributed by atoms with Gasteiger partial charge in [0.25, 0.3) is 0 Å². The van der Waals surface area contributed by atoms with E-state index in [-0.39, 0.29) is 29.9 Å². The lowest BCUT2D eigenvalue weighted by atomic mass is 10.1. The van der Waals surface area contributed by atoms with Gasteiger partial charge in [-0.25, -0.2) is 0 Å². The number of rotatable bonds is 3. The average molecular weight is 371 g/mol. The average Bonchev–Trinajstić information content (AvgIpc) is 3.26. The smallest absolute Gasteiger partial charge is 0.228 e. The maximum atomic E-state index is 13.0. The molecule has 1 aromatic carbocycles. The first kappa shape index (κ1) is 18.3. The monoisotopic (exact) mass is 371 g/mol. The largest absolute Gasteiger partial charge is 0.508 e. The second-order valence-corrected chi connectivity index (χ2v) is 8.08. The van der Waals surface area contributed by atoms with Gasteiger partial charge in [0.1, 0.15) is 5.75 Å². The Bertz CT molecular complexity index is 702. The van der Waals surface area contributed by atoms with Gasteiger partial charge in [-0.3, -0.25) is 14.5 Å². The normalized spacial score (nSPS) is 25.2. The van der Waals surface area contributed by atoms with Crippen LogP contribution in [0.4, 0.5) is 5.69 Å². The minimum atomic E-state index is -0.280. The topological polar surface area (TPSA) is 64.1 Å². The highest BCUT2D eigenvalue weighted by Gasteiger charge is 2.38. The summed E-state index contributed by atoms with van der Waals surface area (Å²) in [4.78, 5) is 31.7. The molecule has 6 nitrogen and oxygen atoms in total. The van der Waals surface area contributed by atoms with Gasteiger partial charge in [0, 0.05) is 56.9 Å². The Labute approximate surface area is 160 Å². The van der Waals surface area contributed by atoms with Crippen LogP contribution in [-0.4, -0.2) is 65.5 Å². The fraction of sp³-hybridized carbons (Fsp3) is 0.619. The van der Waals surface area contributed by atoms with Crippen LogP contribution in [0.25, 0.3) is 0 Å². The number of hydrogen-bond donors (Lipinski definition) is 1. The number of hydrogen-bond acceptors (Lipinski definition) is 4. The molecule has 2 saturated heterocycles. The summed E-state index contributed by atoms with van der Waals surface area (Å²) in [6.07, 6.45) is 6.53. The van der Waals surface area contributed by atoms with Crippen molar-refractivity contribution in [3.8, 4) is 5.75 Å². The summed E-state index contributed by atoms with van der Waals surface area (Å²) in [5.41, 5.74) is 0.665. The van der Waals surface area contributed by atoms with Crippen LogP contribution in [0.1, 0.15) is 38.5 Å². The van der Waals surface area contributed by atoms with E-state index in [0.29, 0.717) is 18.3 Å². The summed E-state index contributed by atoms with van der Waals surface area (Å²) >= 11 is 0. The predicted octanol–water partition coefficient (Wildman–Crippen LogP) is 2.22. The van der Waals surface area contributed by atoms with Gasteiger partial charge >= 0.3 is 0 Å². The van der Waals surface area contributed by atoms with Crippen LogP contribution in [-0.2, 0) is 9.59 Å². The molecule has 0 unspecified atom stereocenters. The molecular weight excluding hydrogens is 342 g/mol. The summed E-state index contributed by atoms with van der Waals surface area (Å²) in [6, 6.07) is 7.39. The van der Waals surface area contributed by atoms with Crippen LogP contribution in [0.15, 0.2) is 24.3 Å². The molecule has 146 valence electrons. The van der Waals surface area contributed by atoms with Gasteiger partial charge in [-0.05, 0) is 31.4 Å². The molecule has 1 aromatic rings. The third-order valence-corrected chi connectivity index (χ3v) is 6.30. The van der Waals surface area contributed by atoms with E-state index in [1.54, 1.807) is 29.2 Å². The number of phenols is 1. The molecule has 4 rings (SSSR count). The van der Waals surface area contributed by atoms with Crippen molar-refractivity contribution in [3.05, 3.63) is 24.3 Å². The van der Waals surface area contributed by atoms with E-state index < -0.39 is 0 Å². The van der Waals surface area contributed by atoms with Crippen molar-refractivity contribution in [1.82, 2.24) is 9.80 Å². The first-order valence-corrected chi connectivity index (χ1v) is 10.2. The van der Waals surface area contributed by atoms with Crippen LogP contribution >= 0.6 is 0 Å². The number of carbonyl (C=O) groups is 2. The quantitative estimate of drug-likeness (QED) is 0.885. The Balaban J connectivity index is 1.37. The minimum Gasteiger partial charge on any atom is -0.508 e. The van der Waals surface area contributed by atoms with Gasteiger partial charge in [0.2, 0.25) is 11.8 Å². The Morgan fingerprint density at radius 2 is 1.85 bits per heavy atom. The fourth-order valence-corrected chi connectivity index (χ4v) is 4.83. The molecular formula is C21H29N3O3. The van der Waals surface area contributed by atoms with Crippen LogP contribution in [0.2, 0.25) is 0 Å². The Morgan fingerprint density at radius 1 is 1.04 bits per heavy atom. The standard InChI is InChI=1S/C21H29N3O3/c25-19-8-3-7-18(14-19)24-15-16(13-20(24)26)21(27)23-10-4-9-22(11-12-23)17-5-1-2-6-17/h3,7-8,14,16-17,25H,1-2,4-6,9-13,15H2/t16-/m1/s1. The SMILES string of the molecule is O=C([C@@H]1CC(=O)N(c2cccc(O)c2)C1)N1CCCN(C2CCCC2)CC1. The van der Waals surface area contributed by atoms with Crippen molar-refractivity contribution in [3.63, 3.8) is 0 Å². The van der Waals surface area contributed by atoms with Crippen LogP contribution in [0, 0.1) is 5.92 Å². The maximum absolute atomic E-state index is 13.0.